The third kappa shape index (κ3) is 2.60. The van der Waals surface area contributed by atoms with Gasteiger partial charge in [0.15, 0.2) is 0 Å². The van der Waals surface area contributed by atoms with E-state index in [0.717, 1.165) is 0 Å². The molecule has 0 aliphatic carbocycles. The van der Waals surface area contributed by atoms with Crippen LogP contribution in [0.2, 0.25) is 0 Å². The number of aromatic nitrogens is 4. The van der Waals surface area contributed by atoms with Gasteiger partial charge in [0.05, 0.1) is 33.0 Å². The molecule has 0 fully saturated rings. The van der Waals surface area contributed by atoms with E-state index in [0.29, 0.717) is 26.0 Å². The maximum Gasteiger partial charge on any atom is 0.267 e. The second kappa shape index (κ2) is 5.40. The molecule has 0 saturated carbocycles. The number of fused-ring (bicyclic) bond motifs is 1. The van der Waals surface area contributed by atoms with E-state index in [1.165, 1.54) is 10.9 Å². The van der Waals surface area contributed by atoms with Crippen molar-refractivity contribution in [2.75, 3.05) is 0 Å². The van der Waals surface area contributed by atoms with Crippen LogP contribution in [0.3, 0.4) is 0 Å². The van der Waals surface area contributed by atoms with Gasteiger partial charge in [-0.2, -0.15) is 0 Å². The molecular formula is C14H11IN4O2. The van der Waals surface area contributed by atoms with Crippen molar-refractivity contribution in [1.82, 2.24) is 19.5 Å². The van der Waals surface area contributed by atoms with E-state index in [4.69, 9.17) is 0 Å². The third-order valence-electron chi connectivity index (χ3n) is 3.14. The first-order valence-electron chi connectivity index (χ1n) is 6.26. The lowest BCUT2D eigenvalue weighted by Crippen LogP contribution is -2.26. The monoisotopic (exact) mass is 394 g/mol. The molecule has 2 aromatic heterocycles. The number of benzene rings is 1. The molecule has 0 aliphatic heterocycles. The molecule has 0 atom stereocenters. The summed E-state index contributed by atoms with van der Waals surface area (Å²) in [6, 6.07) is 7.10. The van der Waals surface area contributed by atoms with Gasteiger partial charge in [0.2, 0.25) is 0 Å². The second-order valence-corrected chi connectivity index (χ2v) is 5.69. The molecule has 7 heteroatoms. The summed E-state index contributed by atoms with van der Waals surface area (Å²) in [7, 11) is 0. The minimum Gasteiger partial charge on any atom is -0.308 e. The molecule has 3 rings (SSSR count). The number of H-pyrrole nitrogens is 1. The highest BCUT2D eigenvalue weighted by atomic mass is 127. The number of aromatic amines is 1. The van der Waals surface area contributed by atoms with E-state index >= 15 is 0 Å². The number of nitrogens with one attached hydrogen (secondary N) is 1. The zero-order valence-electron chi connectivity index (χ0n) is 11.1. The Balaban J connectivity index is 2.09. The van der Waals surface area contributed by atoms with E-state index in [1.54, 1.807) is 25.1 Å². The molecule has 21 heavy (non-hydrogen) atoms. The second-order valence-electron chi connectivity index (χ2n) is 4.61. The van der Waals surface area contributed by atoms with E-state index in [2.05, 4.69) is 15.0 Å². The van der Waals surface area contributed by atoms with Gasteiger partial charge in [0.25, 0.3) is 11.1 Å². The average molecular weight is 394 g/mol. The smallest absolute Gasteiger partial charge is 0.267 e. The fraction of sp³-hybridized carbons (Fsp3) is 0.143. The summed E-state index contributed by atoms with van der Waals surface area (Å²) < 4.78 is 2.00. The summed E-state index contributed by atoms with van der Waals surface area (Å²) in [5, 5.41) is 0.533. The lowest BCUT2D eigenvalue weighted by atomic mass is 10.2. The summed E-state index contributed by atoms with van der Waals surface area (Å²) in [5.41, 5.74) is 0.952. The summed E-state index contributed by atoms with van der Waals surface area (Å²) >= 11 is 1.97. The molecular weight excluding hydrogens is 383 g/mol. The van der Waals surface area contributed by atoms with Crippen LogP contribution in [0.25, 0.3) is 10.9 Å². The van der Waals surface area contributed by atoms with Crippen LogP contribution in [0.5, 0.6) is 0 Å². The van der Waals surface area contributed by atoms with E-state index in [-0.39, 0.29) is 17.7 Å². The fourth-order valence-electron chi connectivity index (χ4n) is 2.03. The average Bonchev–Trinajstić information content (AvgIpc) is 2.48. The van der Waals surface area contributed by atoms with Crippen molar-refractivity contribution >= 4 is 33.5 Å². The Bertz CT molecular complexity index is 946. The van der Waals surface area contributed by atoms with Crippen molar-refractivity contribution < 1.29 is 0 Å². The maximum atomic E-state index is 12.1. The molecule has 2 heterocycles. The number of hydrogen-bond acceptors (Lipinski definition) is 4. The first-order chi connectivity index (χ1) is 10.1. The predicted molar refractivity (Wildman–Crippen MR) is 87.4 cm³/mol. The molecule has 1 N–H and O–H groups in total. The topological polar surface area (TPSA) is 80.6 Å². The van der Waals surface area contributed by atoms with Gasteiger partial charge in [0.1, 0.15) is 5.82 Å². The van der Waals surface area contributed by atoms with Gasteiger partial charge in [-0.3, -0.25) is 14.2 Å². The first kappa shape index (κ1) is 13.9. The van der Waals surface area contributed by atoms with Gasteiger partial charge in [-0.15, -0.1) is 0 Å². The Labute approximate surface area is 133 Å². The molecule has 6 nitrogen and oxygen atoms in total. The Morgan fingerprint density at radius 3 is 2.86 bits per heavy atom. The number of halogens is 1. The van der Waals surface area contributed by atoms with Crippen LogP contribution in [0, 0.1) is 10.5 Å². The predicted octanol–water partition coefficient (Wildman–Crippen LogP) is 1.44. The highest BCUT2D eigenvalue weighted by Gasteiger charge is 2.08. The Morgan fingerprint density at radius 1 is 1.29 bits per heavy atom. The SMILES string of the molecule is Cc1ncn(Cc2nc3ccccc3c(=O)[nH]2)c(=O)c1I. The van der Waals surface area contributed by atoms with E-state index in [1.807, 2.05) is 28.7 Å². The van der Waals surface area contributed by atoms with Crippen LogP contribution in [-0.2, 0) is 6.54 Å². The van der Waals surface area contributed by atoms with Crippen LogP contribution in [0.4, 0.5) is 0 Å². The zero-order valence-corrected chi connectivity index (χ0v) is 13.3. The molecule has 0 bridgehead atoms. The Morgan fingerprint density at radius 2 is 2.05 bits per heavy atom. The van der Waals surface area contributed by atoms with Gasteiger partial charge >= 0.3 is 0 Å². The zero-order chi connectivity index (χ0) is 15.0. The summed E-state index contributed by atoms with van der Waals surface area (Å²) in [4.78, 5) is 35.4. The summed E-state index contributed by atoms with van der Waals surface area (Å²) in [6.07, 6.45) is 1.47. The minimum atomic E-state index is -0.210. The first-order valence-corrected chi connectivity index (χ1v) is 7.33. The third-order valence-corrected chi connectivity index (χ3v) is 4.38. The minimum absolute atomic E-state index is 0.140. The molecule has 0 unspecified atom stereocenters. The molecule has 1 aromatic carbocycles. The van der Waals surface area contributed by atoms with Crippen molar-refractivity contribution in [3.8, 4) is 0 Å². The van der Waals surface area contributed by atoms with Crippen LogP contribution in [-0.4, -0.2) is 19.5 Å². The highest BCUT2D eigenvalue weighted by molar-refractivity contribution is 14.1. The summed E-state index contributed by atoms with van der Waals surface area (Å²) in [5.74, 6) is 0.433. The number of aryl methyl sites for hydroxylation is 1. The van der Waals surface area contributed by atoms with Crippen LogP contribution in [0.15, 0.2) is 40.2 Å². The van der Waals surface area contributed by atoms with E-state index in [9.17, 15) is 9.59 Å². The lowest BCUT2D eigenvalue weighted by molar-refractivity contribution is 0.689. The number of nitrogens with zero attached hydrogens (tertiary/aromatic N) is 3. The van der Waals surface area contributed by atoms with Crippen LogP contribution >= 0.6 is 22.6 Å². The van der Waals surface area contributed by atoms with Gasteiger partial charge in [-0.25, -0.2) is 9.97 Å². The summed E-state index contributed by atoms with van der Waals surface area (Å²) in [6.45, 7) is 1.96. The van der Waals surface area contributed by atoms with Crippen LogP contribution in [0.1, 0.15) is 11.5 Å². The standard InChI is InChI=1S/C14H11IN4O2/c1-8-12(15)14(21)19(7-16-8)6-11-17-10-5-3-2-4-9(10)13(20)18-11/h2-5,7H,6H2,1H3,(H,17,18,20). The normalized spacial score (nSPS) is 11.0. The molecule has 0 amide bonds. The van der Waals surface area contributed by atoms with Crippen molar-refractivity contribution in [3.05, 3.63) is 66.4 Å². The fourth-order valence-corrected chi connectivity index (χ4v) is 2.48. The Kier molecular flexibility index (Phi) is 3.58. The number of rotatable bonds is 2. The quantitative estimate of drug-likeness (QED) is 0.668. The molecule has 106 valence electrons. The maximum absolute atomic E-state index is 12.1. The van der Waals surface area contributed by atoms with Gasteiger partial charge < -0.3 is 4.98 Å². The van der Waals surface area contributed by atoms with Gasteiger partial charge in [-0.1, -0.05) is 12.1 Å². The molecule has 0 radical (unpaired) electrons. The number of hydrogen-bond donors (Lipinski definition) is 1. The van der Waals surface area contributed by atoms with E-state index < -0.39 is 0 Å². The van der Waals surface area contributed by atoms with Crippen molar-refractivity contribution in [2.45, 2.75) is 13.5 Å². The van der Waals surface area contributed by atoms with Gasteiger partial charge in [-0.05, 0) is 41.6 Å². The largest absolute Gasteiger partial charge is 0.308 e. The van der Waals surface area contributed by atoms with Crippen molar-refractivity contribution in [2.24, 2.45) is 0 Å². The molecule has 3 aromatic rings. The molecule has 0 spiro atoms. The van der Waals surface area contributed by atoms with Crippen molar-refractivity contribution in [3.63, 3.8) is 0 Å². The highest BCUT2D eigenvalue weighted by Crippen LogP contribution is 2.06. The molecule has 0 aliphatic rings. The number of para-hydroxylation sites is 1. The van der Waals surface area contributed by atoms with Crippen LogP contribution < -0.4 is 11.1 Å². The Hall–Kier alpha value is -2.03. The lowest BCUT2D eigenvalue weighted by Gasteiger charge is -2.07. The van der Waals surface area contributed by atoms with Crippen molar-refractivity contribution in [1.29, 1.82) is 0 Å². The van der Waals surface area contributed by atoms with Gasteiger partial charge in [0, 0.05) is 0 Å². The molecule has 0 saturated heterocycles.